The minimum Gasteiger partial charge on any atom is -0.322 e. The first-order valence-corrected chi connectivity index (χ1v) is 5.97. The lowest BCUT2D eigenvalue weighted by atomic mass is 10.2. The third-order valence-corrected chi connectivity index (χ3v) is 2.91. The minimum absolute atomic E-state index is 0.0487. The molecule has 0 aliphatic carbocycles. The van der Waals surface area contributed by atoms with Crippen LogP contribution in [0.15, 0.2) is 36.4 Å². The van der Waals surface area contributed by atoms with E-state index in [4.69, 9.17) is 11.6 Å². The third-order valence-electron chi connectivity index (χ3n) is 2.59. The fraction of sp³-hybridized carbons (Fsp3) is 0. The Balaban J connectivity index is 2.32. The van der Waals surface area contributed by atoms with Gasteiger partial charge in [-0.3, -0.25) is 14.9 Å². The van der Waals surface area contributed by atoms with Crippen LogP contribution in [0, 0.1) is 21.7 Å². The molecule has 0 saturated heterocycles. The maximum Gasteiger partial charge on any atom is 0.306 e. The zero-order chi connectivity index (χ0) is 15.6. The zero-order valence-corrected chi connectivity index (χ0v) is 11.0. The van der Waals surface area contributed by atoms with E-state index in [0.717, 1.165) is 24.3 Å². The number of benzene rings is 2. The van der Waals surface area contributed by atoms with Crippen LogP contribution in [0.2, 0.25) is 5.02 Å². The number of nitro groups is 1. The fourth-order valence-corrected chi connectivity index (χ4v) is 1.89. The van der Waals surface area contributed by atoms with Crippen molar-refractivity contribution in [3.63, 3.8) is 0 Å². The van der Waals surface area contributed by atoms with Gasteiger partial charge in [-0.25, -0.2) is 4.39 Å². The molecule has 0 atom stereocenters. The standard InChI is InChI=1S/C13H7ClF2N2O3/c14-8-2-1-3-10(16)12(8)13(19)17-7-4-5-9(15)11(6-7)18(20)21/h1-6H,(H,17,19). The molecule has 0 heterocycles. The first kappa shape index (κ1) is 14.9. The van der Waals surface area contributed by atoms with Crippen LogP contribution in [0.5, 0.6) is 0 Å². The summed E-state index contributed by atoms with van der Waals surface area (Å²) in [5.74, 6) is -2.77. The molecule has 1 N–H and O–H groups in total. The zero-order valence-electron chi connectivity index (χ0n) is 10.3. The number of amides is 1. The average Bonchev–Trinajstić information content (AvgIpc) is 2.40. The molecule has 0 radical (unpaired) electrons. The van der Waals surface area contributed by atoms with Crippen molar-refractivity contribution in [1.82, 2.24) is 0 Å². The molecule has 0 bridgehead atoms. The molecule has 2 rings (SSSR count). The van der Waals surface area contributed by atoms with Gasteiger partial charge in [0.1, 0.15) is 5.82 Å². The van der Waals surface area contributed by atoms with E-state index in [0.29, 0.717) is 0 Å². The van der Waals surface area contributed by atoms with E-state index in [2.05, 4.69) is 5.32 Å². The second kappa shape index (κ2) is 5.84. The lowest BCUT2D eigenvalue weighted by Gasteiger charge is -2.07. The molecule has 108 valence electrons. The van der Waals surface area contributed by atoms with Crippen molar-refractivity contribution in [1.29, 1.82) is 0 Å². The molecule has 2 aromatic rings. The number of nitrogens with one attached hydrogen (secondary N) is 1. The molecule has 2 aromatic carbocycles. The van der Waals surface area contributed by atoms with E-state index in [1.54, 1.807) is 0 Å². The predicted molar refractivity (Wildman–Crippen MR) is 72.4 cm³/mol. The van der Waals surface area contributed by atoms with Gasteiger partial charge in [0.25, 0.3) is 5.91 Å². The average molecular weight is 313 g/mol. The van der Waals surface area contributed by atoms with Crippen LogP contribution < -0.4 is 5.32 Å². The summed E-state index contributed by atoms with van der Waals surface area (Å²) in [6.07, 6.45) is 0. The largest absolute Gasteiger partial charge is 0.322 e. The molecule has 0 spiro atoms. The van der Waals surface area contributed by atoms with Gasteiger partial charge >= 0.3 is 5.69 Å². The normalized spacial score (nSPS) is 10.2. The van der Waals surface area contributed by atoms with Gasteiger partial charge in [-0.15, -0.1) is 0 Å². The molecule has 1 amide bonds. The number of nitrogens with zero attached hydrogens (tertiary/aromatic N) is 1. The second-order valence-corrected chi connectivity index (χ2v) is 4.38. The van der Waals surface area contributed by atoms with Gasteiger partial charge in [-0.05, 0) is 24.3 Å². The molecule has 8 heteroatoms. The molecule has 0 unspecified atom stereocenters. The summed E-state index contributed by atoms with van der Waals surface area (Å²) in [5.41, 5.74) is -1.24. The molecule has 5 nitrogen and oxygen atoms in total. The Labute approximate surface area is 122 Å². The first-order chi connectivity index (χ1) is 9.90. The van der Waals surface area contributed by atoms with E-state index in [1.807, 2.05) is 0 Å². The summed E-state index contributed by atoms with van der Waals surface area (Å²) >= 11 is 5.73. The number of carbonyl (C=O) groups is 1. The summed E-state index contributed by atoms with van der Waals surface area (Å²) in [6, 6.07) is 6.49. The topological polar surface area (TPSA) is 72.2 Å². The molecule has 21 heavy (non-hydrogen) atoms. The first-order valence-electron chi connectivity index (χ1n) is 5.59. The van der Waals surface area contributed by atoms with Crippen molar-refractivity contribution < 1.29 is 18.5 Å². The summed E-state index contributed by atoms with van der Waals surface area (Å²) in [6.45, 7) is 0. The number of hydrogen-bond acceptors (Lipinski definition) is 3. The summed E-state index contributed by atoms with van der Waals surface area (Å²) in [4.78, 5) is 21.6. The molecular formula is C13H7ClF2N2O3. The van der Waals surface area contributed by atoms with Gasteiger partial charge < -0.3 is 5.32 Å². The summed E-state index contributed by atoms with van der Waals surface area (Å²) in [7, 11) is 0. The van der Waals surface area contributed by atoms with Crippen molar-refractivity contribution in [3.05, 3.63) is 68.7 Å². The Morgan fingerprint density at radius 2 is 1.90 bits per heavy atom. The van der Waals surface area contributed by atoms with Crippen LogP contribution in [0.25, 0.3) is 0 Å². The molecule has 0 aromatic heterocycles. The van der Waals surface area contributed by atoms with Gasteiger partial charge in [-0.2, -0.15) is 4.39 Å². The highest BCUT2D eigenvalue weighted by molar-refractivity contribution is 6.34. The number of carbonyl (C=O) groups excluding carboxylic acids is 1. The van der Waals surface area contributed by atoms with Crippen molar-refractivity contribution in [2.24, 2.45) is 0 Å². The lowest BCUT2D eigenvalue weighted by Crippen LogP contribution is -2.14. The van der Waals surface area contributed by atoms with Crippen LogP contribution in [0.4, 0.5) is 20.2 Å². The van der Waals surface area contributed by atoms with Crippen LogP contribution in [-0.2, 0) is 0 Å². The monoisotopic (exact) mass is 312 g/mol. The van der Waals surface area contributed by atoms with Gasteiger partial charge in [0, 0.05) is 11.8 Å². The van der Waals surface area contributed by atoms with Gasteiger partial charge in [0.2, 0.25) is 5.82 Å². The maximum absolute atomic E-state index is 13.6. The van der Waals surface area contributed by atoms with Crippen molar-refractivity contribution in [2.75, 3.05) is 5.32 Å². The molecular weight excluding hydrogens is 306 g/mol. The van der Waals surface area contributed by atoms with Crippen molar-refractivity contribution in [2.45, 2.75) is 0 Å². The Hall–Kier alpha value is -2.54. The van der Waals surface area contributed by atoms with Crippen LogP contribution in [-0.4, -0.2) is 10.8 Å². The van der Waals surface area contributed by atoms with Crippen LogP contribution in [0.1, 0.15) is 10.4 Å². The van der Waals surface area contributed by atoms with E-state index < -0.39 is 33.7 Å². The van der Waals surface area contributed by atoms with E-state index in [1.165, 1.54) is 12.1 Å². The van der Waals surface area contributed by atoms with Crippen molar-refractivity contribution >= 4 is 28.9 Å². The Morgan fingerprint density at radius 1 is 1.19 bits per heavy atom. The highest BCUT2D eigenvalue weighted by atomic mass is 35.5. The van der Waals surface area contributed by atoms with Crippen LogP contribution in [0.3, 0.4) is 0 Å². The number of halogens is 3. The molecule has 0 saturated carbocycles. The maximum atomic E-state index is 13.6. The summed E-state index contributed by atoms with van der Waals surface area (Å²) < 4.78 is 26.7. The van der Waals surface area contributed by atoms with E-state index >= 15 is 0 Å². The predicted octanol–water partition coefficient (Wildman–Crippen LogP) is 3.78. The van der Waals surface area contributed by atoms with Gasteiger partial charge in [-0.1, -0.05) is 17.7 Å². The summed E-state index contributed by atoms with van der Waals surface area (Å²) in [5, 5.41) is 12.7. The lowest BCUT2D eigenvalue weighted by molar-refractivity contribution is -0.387. The number of nitro benzene ring substituents is 1. The smallest absolute Gasteiger partial charge is 0.306 e. The SMILES string of the molecule is O=C(Nc1ccc(F)c([N+](=O)[O-])c1)c1c(F)cccc1Cl. The number of rotatable bonds is 3. The van der Waals surface area contributed by atoms with Gasteiger partial charge in [0.15, 0.2) is 0 Å². The Kier molecular flexibility index (Phi) is 4.13. The fourth-order valence-electron chi connectivity index (χ4n) is 1.64. The Morgan fingerprint density at radius 3 is 2.52 bits per heavy atom. The molecule has 0 fully saturated rings. The van der Waals surface area contributed by atoms with E-state index in [-0.39, 0.29) is 10.7 Å². The molecule has 0 aliphatic heterocycles. The van der Waals surface area contributed by atoms with E-state index in [9.17, 15) is 23.7 Å². The molecule has 0 aliphatic rings. The number of hydrogen-bond donors (Lipinski definition) is 1. The second-order valence-electron chi connectivity index (χ2n) is 3.97. The Bertz CT molecular complexity index is 717. The number of anilines is 1. The quantitative estimate of drug-likeness (QED) is 0.692. The van der Waals surface area contributed by atoms with Gasteiger partial charge in [0.05, 0.1) is 15.5 Å². The third kappa shape index (κ3) is 3.14. The highest BCUT2D eigenvalue weighted by Crippen LogP contribution is 2.24. The highest BCUT2D eigenvalue weighted by Gasteiger charge is 2.19. The van der Waals surface area contributed by atoms with Crippen LogP contribution >= 0.6 is 11.6 Å². The van der Waals surface area contributed by atoms with Crippen molar-refractivity contribution in [3.8, 4) is 0 Å². The minimum atomic E-state index is -1.04.